The Bertz CT molecular complexity index is 573. The third kappa shape index (κ3) is 7.29. The highest BCUT2D eigenvalue weighted by Crippen LogP contribution is 2.24. The van der Waals surface area contributed by atoms with Crippen LogP contribution >= 0.6 is 11.3 Å². The van der Waals surface area contributed by atoms with E-state index in [0.29, 0.717) is 23.3 Å². The van der Waals surface area contributed by atoms with Crippen LogP contribution in [0.25, 0.3) is 0 Å². The summed E-state index contributed by atoms with van der Waals surface area (Å²) in [6, 6.07) is 3.81. The second kappa shape index (κ2) is 12.1. The molecule has 0 amide bonds. The van der Waals surface area contributed by atoms with Crippen molar-refractivity contribution in [1.82, 2.24) is 9.62 Å². The van der Waals surface area contributed by atoms with Gasteiger partial charge in [0.05, 0.1) is 0 Å². The lowest BCUT2D eigenvalue weighted by molar-refractivity contribution is 0.453. The lowest BCUT2D eigenvalue weighted by atomic mass is 10.1. The summed E-state index contributed by atoms with van der Waals surface area (Å²) in [7, 11) is -3.27. The minimum absolute atomic E-state index is 0.309. The molecule has 0 bridgehead atoms. The van der Waals surface area contributed by atoms with Crippen LogP contribution in [0.2, 0.25) is 0 Å². The number of hydrogen-bond donors (Lipinski definition) is 1. The molecule has 0 spiro atoms. The van der Waals surface area contributed by atoms with E-state index in [1.807, 2.05) is 5.38 Å². The van der Waals surface area contributed by atoms with Crippen LogP contribution in [0.15, 0.2) is 21.7 Å². The smallest absolute Gasteiger partial charge is 0.252 e. The summed E-state index contributed by atoms with van der Waals surface area (Å²) >= 11 is 1.30. The van der Waals surface area contributed by atoms with E-state index < -0.39 is 10.0 Å². The average molecular weight is 401 g/mol. The van der Waals surface area contributed by atoms with E-state index in [9.17, 15) is 8.42 Å². The average Bonchev–Trinajstić information content (AvgIpc) is 3.32. The lowest BCUT2D eigenvalue weighted by Crippen LogP contribution is -2.35. The summed E-state index contributed by atoms with van der Waals surface area (Å²) < 4.78 is 27.1. The van der Waals surface area contributed by atoms with E-state index in [-0.39, 0.29) is 0 Å². The highest BCUT2D eigenvalue weighted by molar-refractivity contribution is 7.91. The molecule has 1 aromatic rings. The van der Waals surface area contributed by atoms with E-state index in [1.165, 1.54) is 75.5 Å². The fraction of sp³-hybridized carbons (Fsp3) is 0.800. The Balaban J connectivity index is 1.49. The van der Waals surface area contributed by atoms with Gasteiger partial charge in [-0.15, -0.1) is 11.3 Å². The number of sulfonamides is 1. The molecular formula is C20H36N2O2S2. The van der Waals surface area contributed by atoms with Crippen LogP contribution in [0, 0.1) is 0 Å². The molecule has 1 N–H and O–H groups in total. The van der Waals surface area contributed by atoms with Crippen LogP contribution in [-0.2, 0) is 10.0 Å². The number of unbranched alkanes of at least 4 members (excludes halogenated alkanes) is 9. The second-order valence-electron chi connectivity index (χ2n) is 7.42. The highest BCUT2D eigenvalue weighted by atomic mass is 32.2. The van der Waals surface area contributed by atoms with Gasteiger partial charge in [0.1, 0.15) is 4.21 Å². The molecule has 0 saturated carbocycles. The topological polar surface area (TPSA) is 49.4 Å². The standard InChI is InChI=1S/C20H36N2O2S2/c1-2-3-4-5-6-7-8-9-10-11-15-21-19-14-16-22(18-19)26(23,24)20-13-12-17-25-20/h12-13,17,19,21H,2-11,14-16,18H2,1H3. The summed E-state index contributed by atoms with van der Waals surface area (Å²) in [6.07, 6.45) is 14.4. The normalized spacial score (nSPS) is 18.6. The molecule has 6 heteroatoms. The number of rotatable bonds is 14. The third-order valence-electron chi connectivity index (χ3n) is 5.20. The summed E-state index contributed by atoms with van der Waals surface area (Å²) in [5.74, 6) is 0. The Morgan fingerprint density at radius 1 is 1.08 bits per heavy atom. The molecule has 0 aromatic carbocycles. The van der Waals surface area contributed by atoms with E-state index in [1.54, 1.807) is 16.4 Å². The van der Waals surface area contributed by atoms with Gasteiger partial charge in [0.2, 0.25) is 0 Å². The fourth-order valence-corrected chi connectivity index (χ4v) is 6.21. The van der Waals surface area contributed by atoms with Gasteiger partial charge in [-0.25, -0.2) is 8.42 Å². The predicted octanol–water partition coefficient (Wildman–Crippen LogP) is 5.02. The predicted molar refractivity (Wildman–Crippen MR) is 111 cm³/mol. The maximum Gasteiger partial charge on any atom is 0.252 e. The van der Waals surface area contributed by atoms with Crippen molar-refractivity contribution in [3.05, 3.63) is 17.5 Å². The van der Waals surface area contributed by atoms with Crippen molar-refractivity contribution in [2.24, 2.45) is 0 Å². The largest absolute Gasteiger partial charge is 0.313 e. The van der Waals surface area contributed by atoms with Crippen molar-refractivity contribution in [2.45, 2.75) is 87.8 Å². The van der Waals surface area contributed by atoms with Gasteiger partial charge < -0.3 is 5.32 Å². The Labute approximate surface area is 164 Å². The fourth-order valence-electron chi connectivity index (χ4n) is 3.57. The Kier molecular flexibility index (Phi) is 10.2. The number of nitrogens with one attached hydrogen (secondary N) is 1. The van der Waals surface area contributed by atoms with Crippen molar-refractivity contribution < 1.29 is 8.42 Å². The zero-order chi connectivity index (χ0) is 18.7. The molecule has 2 rings (SSSR count). The monoisotopic (exact) mass is 400 g/mol. The summed E-state index contributed by atoms with van der Waals surface area (Å²) in [5.41, 5.74) is 0. The first kappa shape index (κ1) is 21.9. The van der Waals surface area contributed by atoms with E-state index in [2.05, 4.69) is 12.2 Å². The van der Waals surface area contributed by atoms with Gasteiger partial charge >= 0.3 is 0 Å². The molecule has 0 radical (unpaired) electrons. The molecule has 0 aliphatic carbocycles. The summed E-state index contributed by atoms with van der Waals surface area (Å²) in [6.45, 7) is 4.52. The van der Waals surface area contributed by atoms with Crippen LogP contribution in [0.4, 0.5) is 0 Å². The molecule has 1 unspecified atom stereocenters. The molecule has 1 atom stereocenters. The van der Waals surface area contributed by atoms with Crippen molar-refractivity contribution in [3.63, 3.8) is 0 Å². The van der Waals surface area contributed by atoms with Crippen LogP contribution < -0.4 is 5.32 Å². The molecule has 1 fully saturated rings. The summed E-state index contributed by atoms with van der Waals surface area (Å²) in [4.78, 5) is 0. The Morgan fingerprint density at radius 2 is 1.73 bits per heavy atom. The van der Waals surface area contributed by atoms with Gasteiger partial charge in [-0.3, -0.25) is 0 Å². The Hall–Kier alpha value is -0.430. The zero-order valence-electron chi connectivity index (χ0n) is 16.3. The van der Waals surface area contributed by atoms with E-state index in [0.717, 1.165) is 13.0 Å². The van der Waals surface area contributed by atoms with Crippen LogP contribution in [0.5, 0.6) is 0 Å². The van der Waals surface area contributed by atoms with Gasteiger partial charge in [-0.1, -0.05) is 70.8 Å². The highest BCUT2D eigenvalue weighted by Gasteiger charge is 2.32. The van der Waals surface area contributed by atoms with Crippen molar-refractivity contribution in [2.75, 3.05) is 19.6 Å². The van der Waals surface area contributed by atoms with Crippen molar-refractivity contribution >= 4 is 21.4 Å². The van der Waals surface area contributed by atoms with Gasteiger partial charge in [-0.05, 0) is 30.8 Å². The van der Waals surface area contributed by atoms with Crippen molar-refractivity contribution in [3.8, 4) is 0 Å². The first-order chi connectivity index (χ1) is 12.6. The molecule has 4 nitrogen and oxygen atoms in total. The quantitative estimate of drug-likeness (QED) is 0.446. The molecule has 150 valence electrons. The van der Waals surface area contributed by atoms with Crippen LogP contribution in [-0.4, -0.2) is 38.4 Å². The van der Waals surface area contributed by atoms with E-state index in [4.69, 9.17) is 0 Å². The molecule has 1 aliphatic heterocycles. The van der Waals surface area contributed by atoms with Crippen molar-refractivity contribution in [1.29, 1.82) is 0 Å². The minimum atomic E-state index is -3.27. The zero-order valence-corrected chi connectivity index (χ0v) is 17.9. The molecule has 1 saturated heterocycles. The third-order valence-corrected chi connectivity index (χ3v) is 8.44. The van der Waals surface area contributed by atoms with Gasteiger partial charge in [0.25, 0.3) is 10.0 Å². The number of thiophene rings is 1. The van der Waals surface area contributed by atoms with Crippen LogP contribution in [0.3, 0.4) is 0 Å². The first-order valence-corrected chi connectivity index (χ1v) is 12.7. The van der Waals surface area contributed by atoms with Gasteiger partial charge in [-0.2, -0.15) is 4.31 Å². The maximum atomic E-state index is 12.5. The molecule has 2 heterocycles. The van der Waals surface area contributed by atoms with E-state index >= 15 is 0 Å². The molecular weight excluding hydrogens is 364 g/mol. The molecule has 1 aliphatic rings. The first-order valence-electron chi connectivity index (χ1n) is 10.4. The molecule has 26 heavy (non-hydrogen) atoms. The number of nitrogens with zero attached hydrogens (tertiary/aromatic N) is 1. The minimum Gasteiger partial charge on any atom is -0.313 e. The van der Waals surface area contributed by atoms with Gasteiger partial charge in [0, 0.05) is 19.1 Å². The number of hydrogen-bond acceptors (Lipinski definition) is 4. The van der Waals surface area contributed by atoms with Crippen LogP contribution in [0.1, 0.15) is 77.6 Å². The Morgan fingerprint density at radius 3 is 2.35 bits per heavy atom. The summed E-state index contributed by atoms with van der Waals surface area (Å²) in [5, 5.41) is 5.37. The SMILES string of the molecule is CCCCCCCCCCCCNC1CCN(S(=O)(=O)c2cccs2)C1. The molecule has 1 aromatic heterocycles. The second-order valence-corrected chi connectivity index (χ2v) is 10.5. The van der Waals surface area contributed by atoms with Gasteiger partial charge in [0.15, 0.2) is 0 Å². The maximum absolute atomic E-state index is 12.5. The lowest BCUT2D eigenvalue weighted by Gasteiger charge is -2.16.